The van der Waals surface area contributed by atoms with Crippen LogP contribution in [0.5, 0.6) is 0 Å². The van der Waals surface area contributed by atoms with E-state index in [1.807, 2.05) is 30.3 Å². The average molecular weight is 416 g/mol. The van der Waals surface area contributed by atoms with Crippen LogP contribution in [0.1, 0.15) is 18.0 Å². The lowest BCUT2D eigenvalue weighted by Gasteiger charge is -2.19. The molecule has 134 valence electrons. The minimum absolute atomic E-state index is 0.0994. The highest BCUT2D eigenvalue weighted by atomic mass is 79.9. The predicted octanol–water partition coefficient (Wildman–Crippen LogP) is 2.14. The molecule has 1 fully saturated rings. The Labute approximate surface area is 159 Å². The van der Waals surface area contributed by atoms with Gasteiger partial charge >= 0.3 is 0 Å². The topological polar surface area (TPSA) is 92.5 Å². The molecule has 0 radical (unpaired) electrons. The number of amides is 3. The second kappa shape index (κ2) is 7.70. The SMILES string of the molecule is NC(=O)C(NC(=O)C1CC(=O)N(c2ccc(Br)cc2)C1)c1ccccc1. The molecule has 2 unspecified atom stereocenters. The molecule has 0 aliphatic carbocycles. The van der Waals surface area contributed by atoms with Crippen LogP contribution >= 0.6 is 15.9 Å². The van der Waals surface area contributed by atoms with Crippen molar-refractivity contribution in [3.63, 3.8) is 0 Å². The Morgan fingerprint density at radius 2 is 1.77 bits per heavy atom. The summed E-state index contributed by atoms with van der Waals surface area (Å²) >= 11 is 3.36. The highest BCUT2D eigenvalue weighted by Crippen LogP contribution is 2.27. The molecule has 1 aliphatic rings. The van der Waals surface area contributed by atoms with Crippen molar-refractivity contribution >= 4 is 39.3 Å². The third kappa shape index (κ3) is 3.94. The summed E-state index contributed by atoms with van der Waals surface area (Å²) in [6.45, 7) is 0.270. The van der Waals surface area contributed by atoms with Gasteiger partial charge in [-0.05, 0) is 29.8 Å². The Morgan fingerprint density at radius 1 is 1.12 bits per heavy atom. The van der Waals surface area contributed by atoms with E-state index in [-0.39, 0.29) is 24.8 Å². The first-order chi connectivity index (χ1) is 12.5. The van der Waals surface area contributed by atoms with Gasteiger partial charge in [0, 0.05) is 23.1 Å². The van der Waals surface area contributed by atoms with E-state index in [9.17, 15) is 14.4 Å². The van der Waals surface area contributed by atoms with E-state index in [1.54, 1.807) is 29.2 Å². The summed E-state index contributed by atoms with van der Waals surface area (Å²) in [7, 11) is 0. The second-order valence-electron chi connectivity index (χ2n) is 6.14. The van der Waals surface area contributed by atoms with Gasteiger partial charge in [0.1, 0.15) is 6.04 Å². The van der Waals surface area contributed by atoms with Gasteiger partial charge in [-0.15, -0.1) is 0 Å². The van der Waals surface area contributed by atoms with Gasteiger partial charge in [-0.2, -0.15) is 0 Å². The zero-order valence-corrected chi connectivity index (χ0v) is 15.5. The van der Waals surface area contributed by atoms with E-state index in [0.29, 0.717) is 5.56 Å². The molecule has 1 saturated heterocycles. The molecule has 0 saturated carbocycles. The number of benzene rings is 2. The molecular weight excluding hydrogens is 398 g/mol. The van der Waals surface area contributed by atoms with E-state index < -0.39 is 17.9 Å². The Bertz CT molecular complexity index is 824. The summed E-state index contributed by atoms with van der Waals surface area (Å²) in [5.41, 5.74) is 6.79. The third-order valence-corrected chi connectivity index (χ3v) is 4.87. The minimum Gasteiger partial charge on any atom is -0.368 e. The molecule has 2 aromatic rings. The second-order valence-corrected chi connectivity index (χ2v) is 7.05. The zero-order chi connectivity index (χ0) is 18.7. The third-order valence-electron chi connectivity index (χ3n) is 4.34. The monoisotopic (exact) mass is 415 g/mol. The summed E-state index contributed by atoms with van der Waals surface area (Å²) in [4.78, 5) is 38.3. The Balaban J connectivity index is 1.71. The lowest BCUT2D eigenvalue weighted by Crippen LogP contribution is -2.41. The number of halogens is 1. The number of nitrogens with two attached hydrogens (primary N) is 1. The molecule has 3 amide bonds. The number of hydrogen-bond acceptors (Lipinski definition) is 3. The van der Waals surface area contributed by atoms with Crippen molar-refractivity contribution in [2.24, 2.45) is 11.7 Å². The van der Waals surface area contributed by atoms with Gasteiger partial charge in [-0.1, -0.05) is 46.3 Å². The molecule has 0 spiro atoms. The summed E-state index contributed by atoms with van der Waals surface area (Å²) in [5.74, 6) is -1.65. The van der Waals surface area contributed by atoms with E-state index >= 15 is 0 Å². The number of carbonyl (C=O) groups excluding carboxylic acids is 3. The number of carbonyl (C=O) groups is 3. The molecule has 3 N–H and O–H groups in total. The highest BCUT2D eigenvalue weighted by molar-refractivity contribution is 9.10. The fourth-order valence-electron chi connectivity index (χ4n) is 2.98. The molecule has 6 nitrogen and oxygen atoms in total. The van der Waals surface area contributed by atoms with Gasteiger partial charge in [0.05, 0.1) is 5.92 Å². The Hall–Kier alpha value is -2.67. The molecule has 3 rings (SSSR count). The molecule has 7 heteroatoms. The van der Waals surface area contributed by atoms with Gasteiger partial charge in [-0.3, -0.25) is 14.4 Å². The van der Waals surface area contributed by atoms with Crippen molar-refractivity contribution in [3.8, 4) is 0 Å². The first kappa shape index (κ1) is 18.1. The lowest BCUT2D eigenvalue weighted by molar-refractivity contribution is -0.130. The number of nitrogens with one attached hydrogen (secondary N) is 1. The van der Waals surface area contributed by atoms with Crippen LogP contribution in [-0.4, -0.2) is 24.3 Å². The molecule has 26 heavy (non-hydrogen) atoms. The number of primary amides is 1. The van der Waals surface area contributed by atoms with Crippen molar-refractivity contribution in [2.75, 3.05) is 11.4 Å². The molecule has 1 aliphatic heterocycles. The normalized spacial score (nSPS) is 17.8. The van der Waals surface area contributed by atoms with Gasteiger partial charge < -0.3 is 16.0 Å². The largest absolute Gasteiger partial charge is 0.368 e. The van der Waals surface area contributed by atoms with Gasteiger partial charge in [0.25, 0.3) is 0 Å². The van der Waals surface area contributed by atoms with Crippen molar-refractivity contribution in [1.82, 2.24) is 5.32 Å². The minimum atomic E-state index is -0.916. The van der Waals surface area contributed by atoms with E-state index in [0.717, 1.165) is 10.2 Å². The highest BCUT2D eigenvalue weighted by Gasteiger charge is 2.36. The van der Waals surface area contributed by atoms with Crippen molar-refractivity contribution in [1.29, 1.82) is 0 Å². The van der Waals surface area contributed by atoms with Crippen molar-refractivity contribution < 1.29 is 14.4 Å². The maximum absolute atomic E-state index is 12.6. The quantitative estimate of drug-likeness (QED) is 0.783. The molecule has 2 atom stereocenters. The van der Waals surface area contributed by atoms with Crippen LogP contribution in [0, 0.1) is 5.92 Å². The van der Waals surface area contributed by atoms with Gasteiger partial charge in [0.15, 0.2) is 0 Å². The number of nitrogens with zero attached hydrogens (tertiary/aromatic N) is 1. The molecule has 1 heterocycles. The smallest absolute Gasteiger partial charge is 0.244 e. The summed E-state index contributed by atoms with van der Waals surface area (Å²) < 4.78 is 0.911. The van der Waals surface area contributed by atoms with Crippen LogP contribution in [0.3, 0.4) is 0 Å². The predicted molar refractivity (Wildman–Crippen MR) is 101 cm³/mol. The standard InChI is InChI=1S/C19H18BrN3O3/c20-14-6-8-15(9-7-14)23-11-13(10-16(23)24)19(26)22-17(18(21)25)12-4-2-1-3-5-12/h1-9,13,17H,10-11H2,(H2,21,25)(H,22,26). The Kier molecular flexibility index (Phi) is 5.37. The summed E-state index contributed by atoms with van der Waals surface area (Å²) in [5, 5.41) is 2.68. The fraction of sp³-hybridized carbons (Fsp3) is 0.211. The molecule has 2 aromatic carbocycles. The maximum atomic E-state index is 12.6. The Morgan fingerprint density at radius 3 is 2.38 bits per heavy atom. The maximum Gasteiger partial charge on any atom is 0.244 e. The van der Waals surface area contributed by atoms with E-state index in [1.165, 1.54) is 0 Å². The molecule has 0 bridgehead atoms. The average Bonchev–Trinajstić information content (AvgIpc) is 3.02. The first-order valence-electron chi connectivity index (χ1n) is 8.16. The van der Waals surface area contributed by atoms with E-state index in [4.69, 9.17) is 5.73 Å². The summed E-state index contributed by atoms with van der Waals surface area (Å²) in [6, 6.07) is 15.2. The number of anilines is 1. The lowest BCUT2D eigenvalue weighted by atomic mass is 10.0. The number of hydrogen-bond donors (Lipinski definition) is 2. The molecule has 0 aromatic heterocycles. The van der Waals surface area contributed by atoms with Crippen molar-refractivity contribution in [3.05, 3.63) is 64.6 Å². The number of rotatable bonds is 5. The fourth-order valence-corrected chi connectivity index (χ4v) is 3.24. The summed E-state index contributed by atoms with van der Waals surface area (Å²) in [6.07, 6.45) is 0.0994. The van der Waals surface area contributed by atoms with Gasteiger partial charge in [0.2, 0.25) is 17.7 Å². The zero-order valence-electron chi connectivity index (χ0n) is 13.9. The van der Waals surface area contributed by atoms with Crippen LogP contribution in [0.4, 0.5) is 5.69 Å². The van der Waals surface area contributed by atoms with Crippen LogP contribution in [0.15, 0.2) is 59.1 Å². The van der Waals surface area contributed by atoms with Crippen LogP contribution in [0.25, 0.3) is 0 Å². The van der Waals surface area contributed by atoms with Crippen LogP contribution in [0.2, 0.25) is 0 Å². The van der Waals surface area contributed by atoms with Crippen LogP contribution in [-0.2, 0) is 14.4 Å². The van der Waals surface area contributed by atoms with Crippen LogP contribution < -0.4 is 16.0 Å². The molecular formula is C19H18BrN3O3. The van der Waals surface area contributed by atoms with Gasteiger partial charge in [-0.25, -0.2) is 0 Å². The first-order valence-corrected chi connectivity index (χ1v) is 8.95. The van der Waals surface area contributed by atoms with Crippen molar-refractivity contribution in [2.45, 2.75) is 12.5 Å². The van der Waals surface area contributed by atoms with E-state index in [2.05, 4.69) is 21.2 Å².